The molecular formula is C22H17F2N3Na2O5. The number of hydrogen-bond acceptors (Lipinski definition) is 5. The smallest absolute Gasteiger partial charge is 0.871 e. The largest absolute Gasteiger partial charge is 1.00 e. The van der Waals surface area contributed by atoms with Crippen LogP contribution in [0, 0.1) is 11.6 Å². The Morgan fingerprint density at radius 3 is 2.44 bits per heavy atom. The second-order valence-electron chi connectivity index (χ2n) is 6.95. The first-order valence-corrected chi connectivity index (χ1v) is 9.35. The minimum atomic E-state index is -1.48. The van der Waals surface area contributed by atoms with Gasteiger partial charge in [0, 0.05) is 37.3 Å². The fourth-order valence-corrected chi connectivity index (χ4v) is 3.10. The molecule has 0 aliphatic rings. The van der Waals surface area contributed by atoms with Gasteiger partial charge in [0.25, 0.3) is 5.56 Å². The van der Waals surface area contributed by atoms with E-state index in [0.29, 0.717) is 11.6 Å². The quantitative estimate of drug-likeness (QED) is 0.339. The maximum atomic E-state index is 14.2. The number of amides is 2. The predicted molar refractivity (Wildman–Crippen MR) is 107 cm³/mol. The molecule has 0 unspecified atom stereocenters. The number of carboxylic acids is 1. The van der Waals surface area contributed by atoms with E-state index in [1.807, 2.05) is 0 Å². The van der Waals surface area contributed by atoms with Gasteiger partial charge in [0.05, 0.1) is 6.04 Å². The summed E-state index contributed by atoms with van der Waals surface area (Å²) in [7, 11) is 1.39. The summed E-state index contributed by atoms with van der Waals surface area (Å²) in [5.74, 6) is -3.75. The normalized spacial score (nSPS) is 10.9. The summed E-state index contributed by atoms with van der Waals surface area (Å²) in [5, 5.41) is 27.7. The van der Waals surface area contributed by atoms with E-state index in [0.717, 1.165) is 16.7 Å². The molecule has 0 spiro atoms. The molecule has 0 bridgehead atoms. The number of aliphatic carboxylic acids is 1. The van der Waals surface area contributed by atoms with Crippen molar-refractivity contribution in [1.29, 1.82) is 0 Å². The summed E-state index contributed by atoms with van der Waals surface area (Å²) in [6, 6.07) is 7.98. The fraction of sp³-hybridized carbons (Fsp3) is 0.136. The number of halogens is 2. The topological polar surface area (TPSA) is 126 Å². The number of carboxylic acid groups (broad SMARTS) is 1. The number of carbonyl (C=O) groups excluding carboxylic acids is 2. The molecule has 2 aromatic carbocycles. The van der Waals surface area contributed by atoms with E-state index < -0.39 is 53.1 Å². The van der Waals surface area contributed by atoms with Crippen LogP contribution in [0.3, 0.4) is 0 Å². The van der Waals surface area contributed by atoms with Crippen LogP contribution in [0.4, 0.5) is 19.3 Å². The SMILES string of the molecule is Cn1ccc([O-])c(NC(=O)N[C@@H](CC(=O)[O-])c2cccc(-c3ccc(F)cc3F)c2)c1=O.[Na+].[Na+]. The molecule has 1 heterocycles. The number of urea groups is 1. The average molecular weight is 487 g/mol. The number of aryl methyl sites for hydroxylation is 1. The molecule has 8 nitrogen and oxygen atoms in total. The first kappa shape index (κ1) is 29.8. The molecule has 0 aliphatic carbocycles. The molecule has 2 N–H and O–H groups in total. The van der Waals surface area contributed by atoms with Crippen molar-refractivity contribution in [3.63, 3.8) is 0 Å². The molecule has 166 valence electrons. The van der Waals surface area contributed by atoms with Crippen LogP contribution >= 0.6 is 0 Å². The number of aromatic nitrogens is 1. The van der Waals surface area contributed by atoms with Crippen LogP contribution in [0.5, 0.6) is 5.75 Å². The van der Waals surface area contributed by atoms with Crippen LogP contribution in [0.25, 0.3) is 11.1 Å². The van der Waals surface area contributed by atoms with E-state index in [4.69, 9.17) is 0 Å². The Hall–Kier alpha value is -2.21. The van der Waals surface area contributed by atoms with Gasteiger partial charge in [-0.2, -0.15) is 0 Å². The number of hydrogen-bond donors (Lipinski definition) is 2. The van der Waals surface area contributed by atoms with E-state index in [-0.39, 0.29) is 70.2 Å². The van der Waals surface area contributed by atoms with Gasteiger partial charge in [-0.3, -0.25) is 4.79 Å². The van der Waals surface area contributed by atoms with Crippen LogP contribution in [0.2, 0.25) is 0 Å². The van der Waals surface area contributed by atoms with Crippen LogP contribution in [-0.4, -0.2) is 16.6 Å². The van der Waals surface area contributed by atoms with Crippen molar-refractivity contribution in [2.45, 2.75) is 12.5 Å². The summed E-state index contributed by atoms with van der Waals surface area (Å²) in [6.45, 7) is 0. The van der Waals surface area contributed by atoms with Crippen molar-refractivity contribution < 1.29 is 87.7 Å². The van der Waals surface area contributed by atoms with Crippen molar-refractivity contribution in [1.82, 2.24) is 9.88 Å². The molecule has 0 saturated carbocycles. The van der Waals surface area contributed by atoms with E-state index in [9.17, 15) is 33.4 Å². The summed E-state index contributed by atoms with van der Waals surface area (Å²) in [5.41, 5.74) is -0.549. The van der Waals surface area contributed by atoms with Gasteiger partial charge in [-0.1, -0.05) is 30.0 Å². The Kier molecular flexibility index (Phi) is 11.4. The Labute approximate surface area is 237 Å². The third-order valence-electron chi connectivity index (χ3n) is 4.68. The molecule has 0 aliphatic heterocycles. The third kappa shape index (κ3) is 7.39. The van der Waals surface area contributed by atoms with Crippen molar-refractivity contribution in [3.8, 4) is 16.9 Å². The van der Waals surface area contributed by atoms with E-state index >= 15 is 0 Å². The number of nitrogens with zero attached hydrogens (tertiary/aromatic N) is 1. The van der Waals surface area contributed by atoms with Crippen molar-refractivity contribution >= 4 is 17.7 Å². The summed E-state index contributed by atoms with van der Waals surface area (Å²) < 4.78 is 28.5. The van der Waals surface area contributed by atoms with Crippen molar-refractivity contribution in [3.05, 3.63) is 82.3 Å². The number of pyridine rings is 1. The Morgan fingerprint density at radius 1 is 1.09 bits per heavy atom. The maximum absolute atomic E-state index is 14.2. The monoisotopic (exact) mass is 487 g/mol. The van der Waals surface area contributed by atoms with E-state index in [1.54, 1.807) is 0 Å². The van der Waals surface area contributed by atoms with Gasteiger partial charge in [0.15, 0.2) is 0 Å². The number of anilines is 1. The molecule has 0 radical (unpaired) electrons. The van der Waals surface area contributed by atoms with Crippen LogP contribution in [0.15, 0.2) is 59.5 Å². The van der Waals surface area contributed by atoms with Crippen molar-refractivity contribution in [2.75, 3.05) is 5.32 Å². The molecule has 3 rings (SSSR count). The molecular weight excluding hydrogens is 470 g/mol. The van der Waals surface area contributed by atoms with Gasteiger partial charge >= 0.3 is 65.1 Å². The molecule has 12 heteroatoms. The zero-order valence-corrected chi connectivity index (χ0v) is 22.7. The number of nitrogens with one attached hydrogen (secondary N) is 2. The minimum Gasteiger partial charge on any atom is -0.871 e. The molecule has 1 atom stereocenters. The minimum absolute atomic E-state index is 0. The third-order valence-corrected chi connectivity index (χ3v) is 4.68. The summed E-state index contributed by atoms with van der Waals surface area (Å²) in [6.07, 6.45) is 0.604. The number of carbonyl (C=O) groups is 2. The number of rotatable bonds is 6. The van der Waals surface area contributed by atoms with Crippen molar-refractivity contribution in [2.24, 2.45) is 7.05 Å². The Bertz CT molecular complexity index is 1250. The molecule has 34 heavy (non-hydrogen) atoms. The van der Waals surface area contributed by atoms with Gasteiger partial charge in [-0.15, -0.1) is 0 Å². The van der Waals surface area contributed by atoms with Crippen LogP contribution < -0.4 is 85.5 Å². The standard InChI is InChI=1S/C22H19F2N3O5.2Na/c1-27-8-7-18(28)20(21(27)31)26-22(32)25-17(11-19(29)30)13-4-2-3-12(9-13)15-6-5-14(23)10-16(15)24;;/h2-10,17,28H,11H2,1H3,(H,29,30)(H2,25,26,32);;/q;2*+1/p-2/t17-;;/m0../s1. The fourth-order valence-electron chi connectivity index (χ4n) is 3.10. The number of benzene rings is 2. The molecule has 2 amide bonds. The Balaban J connectivity index is 0.00000289. The molecule has 1 aromatic heterocycles. The van der Waals surface area contributed by atoms with Gasteiger partial charge in [0.2, 0.25) is 0 Å². The first-order valence-electron chi connectivity index (χ1n) is 9.35. The first-order chi connectivity index (χ1) is 15.2. The molecule has 0 fully saturated rings. The Morgan fingerprint density at radius 2 is 1.79 bits per heavy atom. The van der Waals surface area contributed by atoms with Gasteiger partial charge in [-0.25, -0.2) is 13.6 Å². The summed E-state index contributed by atoms with van der Waals surface area (Å²) >= 11 is 0. The van der Waals surface area contributed by atoms with Crippen LogP contribution in [0.1, 0.15) is 18.0 Å². The summed E-state index contributed by atoms with van der Waals surface area (Å²) in [4.78, 5) is 35.7. The zero-order chi connectivity index (χ0) is 23.4. The average Bonchev–Trinajstić information content (AvgIpc) is 2.73. The van der Waals surface area contributed by atoms with Gasteiger partial charge in [-0.05, 0) is 29.3 Å². The predicted octanol–water partition coefficient (Wildman–Crippen LogP) is -4.59. The zero-order valence-electron chi connectivity index (χ0n) is 18.7. The van der Waals surface area contributed by atoms with Gasteiger partial charge < -0.3 is 30.2 Å². The van der Waals surface area contributed by atoms with Crippen LogP contribution in [-0.2, 0) is 11.8 Å². The second kappa shape index (κ2) is 13.0. The van der Waals surface area contributed by atoms with E-state index in [1.165, 1.54) is 43.6 Å². The molecule has 3 aromatic rings. The maximum Gasteiger partial charge on any atom is 1.00 e. The molecule has 0 saturated heterocycles. The van der Waals surface area contributed by atoms with Gasteiger partial charge in [0.1, 0.15) is 17.3 Å². The second-order valence-corrected chi connectivity index (χ2v) is 6.95. The van der Waals surface area contributed by atoms with E-state index in [2.05, 4.69) is 10.6 Å².